The van der Waals surface area contributed by atoms with Crippen molar-refractivity contribution < 1.29 is 85.6 Å². The smallest absolute Gasteiger partial charge is 0.338 e. The first-order valence-corrected chi connectivity index (χ1v) is 27.2. The molecule has 7 aromatic carbocycles. The summed E-state index contributed by atoms with van der Waals surface area (Å²) in [5.41, 5.74) is 0.994. The topological polar surface area (TPSA) is 213 Å². The van der Waals surface area contributed by atoms with E-state index in [2.05, 4.69) is 6.58 Å². The van der Waals surface area contributed by atoms with Crippen molar-refractivity contribution in [3.05, 3.63) is 264 Å². The highest BCUT2D eigenvalue weighted by Crippen LogP contribution is 2.46. The lowest BCUT2D eigenvalue weighted by Gasteiger charge is -2.47. The van der Waals surface area contributed by atoms with Gasteiger partial charge >= 0.3 is 41.8 Å². The average Bonchev–Trinajstić information content (AvgIpc) is 1.93. The molecule has 11 atom stereocenters. The molecule has 0 spiro atoms. The lowest BCUT2D eigenvalue weighted by Crippen LogP contribution is -2.66. The molecule has 18 heteroatoms. The van der Waals surface area contributed by atoms with Crippen LogP contribution in [0.5, 0.6) is 0 Å². The molecule has 0 N–H and O–H groups in total. The van der Waals surface area contributed by atoms with E-state index in [1.165, 1.54) is 60.7 Å². The van der Waals surface area contributed by atoms with Gasteiger partial charge in [0.05, 0.1) is 40.0 Å². The molecule has 3 fully saturated rings. The molecule has 0 aromatic heterocycles. The second kappa shape index (κ2) is 27.8. The Hall–Kier alpha value is -9.14. The van der Waals surface area contributed by atoms with Crippen molar-refractivity contribution in [3.8, 4) is 0 Å². The second-order valence-corrected chi connectivity index (χ2v) is 19.5. The Morgan fingerprint density at radius 1 is 0.417 bits per heavy atom. The minimum absolute atomic E-state index is 0.0344. The summed E-state index contributed by atoms with van der Waals surface area (Å²) in [6, 6.07) is 56.5. The number of unbranched alkanes of at least 4 members (excludes halogenated alkanes) is 1. The molecule has 0 amide bonds. The van der Waals surface area contributed by atoms with Crippen molar-refractivity contribution in [2.45, 2.75) is 80.2 Å². The Morgan fingerprint density at radius 2 is 0.786 bits per heavy atom. The number of hydrogen-bond donors (Lipinski definition) is 0. The first kappa shape index (κ1) is 58.1. The van der Waals surface area contributed by atoms with Crippen molar-refractivity contribution in [3.63, 3.8) is 0 Å². The van der Waals surface area contributed by atoms with Gasteiger partial charge in [-0.1, -0.05) is 146 Å². The van der Waals surface area contributed by atoms with Crippen LogP contribution in [0.1, 0.15) is 80.6 Å². The Balaban J connectivity index is 1.12. The van der Waals surface area contributed by atoms with Crippen molar-refractivity contribution in [1.82, 2.24) is 0 Å². The quantitative estimate of drug-likeness (QED) is 0.0267. The zero-order valence-electron chi connectivity index (χ0n) is 45.1. The van der Waals surface area contributed by atoms with Gasteiger partial charge in [-0.3, -0.25) is 4.74 Å². The van der Waals surface area contributed by atoms with Gasteiger partial charge in [-0.2, -0.15) is 0 Å². The molecule has 3 aliphatic rings. The van der Waals surface area contributed by atoms with Gasteiger partial charge in [-0.15, -0.1) is 6.58 Å². The molecule has 3 aliphatic heterocycles. The van der Waals surface area contributed by atoms with E-state index >= 15 is 0 Å². The van der Waals surface area contributed by atoms with Gasteiger partial charge in [0.1, 0.15) is 31.5 Å². The van der Waals surface area contributed by atoms with E-state index in [4.69, 9.17) is 56.8 Å². The highest BCUT2D eigenvalue weighted by molar-refractivity contribution is 5.92. The van der Waals surface area contributed by atoms with E-state index in [0.717, 1.165) is 0 Å². The maximum atomic E-state index is 14.6. The molecule has 0 radical (unpaired) electrons. The van der Waals surface area contributed by atoms with Crippen LogP contribution >= 0.6 is 0 Å². The van der Waals surface area contributed by atoms with Crippen LogP contribution in [0.25, 0.3) is 0 Å². The molecule has 18 nitrogen and oxygen atoms in total. The summed E-state index contributed by atoms with van der Waals surface area (Å²) in [7, 11) is 0. The van der Waals surface area contributed by atoms with Crippen LogP contribution in [0.3, 0.4) is 0 Å². The minimum atomic E-state index is -2.01. The summed E-state index contributed by atoms with van der Waals surface area (Å²) >= 11 is 0. The second-order valence-electron chi connectivity index (χ2n) is 19.5. The molecule has 7 aromatic rings. The fraction of sp³-hybridized carbons (Fsp3) is 0.242. The molecule has 430 valence electrons. The maximum Gasteiger partial charge on any atom is 0.338 e. The van der Waals surface area contributed by atoms with Gasteiger partial charge < -0.3 is 52.1 Å². The van der Waals surface area contributed by atoms with Gasteiger partial charge in [0.25, 0.3) is 0 Å². The normalized spacial score (nSPS) is 24.2. The lowest BCUT2D eigenvalue weighted by molar-refractivity contribution is -0.368. The molecule has 3 saturated heterocycles. The molecular weight excluding hydrogens is 1080 g/mol. The summed E-state index contributed by atoms with van der Waals surface area (Å²) in [5.74, 6) is -7.33. The highest BCUT2D eigenvalue weighted by atomic mass is 16.9. The number of rotatable bonds is 22. The number of ether oxygens (including phenoxy) is 12. The maximum absolute atomic E-state index is 14.6. The Labute approximate surface area is 483 Å². The van der Waals surface area contributed by atoms with E-state index in [1.54, 1.807) is 158 Å². The van der Waals surface area contributed by atoms with Crippen LogP contribution in [0, 0.1) is 0 Å². The third-order valence-corrected chi connectivity index (χ3v) is 13.8. The van der Waals surface area contributed by atoms with E-state index in [-0.39, 0.29) is 40.0 Å². The van der Waals surface area contributed by atoms with Crippen LogP contribution in [-0.4, -0.2) is 117 Å². The molecule has 10 rings (SSSR count). The van der Waals surface area contributed by atoms with Crippen molar-refractivity contribution >= 4 is 35.8 Å². The molecule has 0 bridgehead atoms. The van der Waals surface area contributed by atoms with Crippen LogP contribution < -0.4 is 0 Å². The number of carbonyl (C=O) groups excluding carboxylic acids is 6. The predicted molar refractivity (Wildman–Crippen MR) is 298 cm³/mol. The van der Waals surface area contributed by atoms with Crippen LogP contribution in [0.2, 0.25) is 0 Å². The Morgan fingerprint density at radius 3 is 1.21 bits per heavy atom. The molecule has 1 unspecified atom stereocenters. The number of allylic oxidation sites excluding steroid dienone is 1. The van der Waals surface area contributed by atoms with E-state index < -0.39 is 116 Å². The Bertz CT molecular complexity index is 3320. The standard InChI is InChI=1S/C66H58O18/c1-2-3-25-40-75-66(49-38-23-10-24-39-49)83-57-55(80-62(71)47-34-19-8-20-35-47)53(51(77-65(57)84-66)42-74-59(68)44-28-13-5-14-29-44)82-64-56(81-63(72)48-36-21-9-22-37-48)54(79-61(70)46-32-17-7-18-33-46)52(78-60(69)45-30-15-6-16-31-45)50(76-64)41-73-58(67)43-26-11-4-12-27-43/h2,4-24,26-39,50-57,64-65H,1,3,25,40-42H2/t50-,51-,52+,53-,54+,55+,56-,57-,64+,65-,66?/m1/s1. The summed E-state index contributed by atoms with van der Waals surface area (Å²) in [6.07, 6.45) is -14.0. The minimum Gasteiger partial charge on any atom is -0.459 e. The van der Waals surface area contributed by atoms with Gasteiger partial charge in [0.15, 0.2) is 43.1 Å². The third kappa shape index (κ3) is 14.0. The first-order chi connectivity index (χ1) is 41.1. The zero-order chi connectivity index (χ0) is 58.3. The first-order valence-electron chi connectivity index (χ1n) is 27.2. The average molecular weight is 1140 g/mol. The largest absolute Gasteiger partial charge is 0.459 e. The number of benzene rings is 7. The zero-order valence-corrected chi connectivity index (χ0v) is 45.1. The summed E-state index contributed by atoms with van der Waals surface area (Å²) < 4.78 is 78.1. The van der Waals surface area contributed by atoms with Crippen molar-refractivity contribution in [2.24, 2.45) is 0 Å². The summed E-state index contributed by atoms with van der Waals surface area (Å²) in [5, 5.41) is 0. The van der Waals surface area contributed by atoms with Crippen molar-refractivity contribution in [1.29, 1.82) is 0 Å². The van der Waals surface area contributed by atoms with E-state index in [1.807, 2.05) is 0 Å². The fourth-order valence-corrected chi connectivity index (χ4v) is 9.63. The number of carbonyl (C=O) groups is 6. The van der Waals surface area contributed by atoms with Crippen LogP contribution in [0.4, 0.5) is 0 Å². The van der Waals surface area contributed by atoms with Gasteiger partial charge in [0.2, 0.25) is 0 Å². The fourth-order valence-electron chi connectivity index (χ4n) is 9.63. The molecule has 84 heavy (non-hydrogen) atoms. The summed E-state index contributed by atoms with van der Waals surface area (Å²) in [4.78, 5) is 85.9. The molecular formula is C66H58O18. The molecule has 0 saturated carbocycles. The van der Waals surface area contributed by atoms with Crippen LogP contribution in [-0.2, 0) is 62.8 Å². The van der Waals surface area contributed by atoms with Crippen molar-refractivity contribution in [2.75, 3.05) is 19.8 Å². The Kier molecular flexibility index (Phi) is 19.2. The highest BCUT2D eigenvalue weighted by Gasteiger charge is 2.63. The van der Waals surface area contributed by atoms with Gasteiger partial charge in [-0.05, 0) is 85.6 Å². The lowest BCUT2D eigenvalue weighted by atomic mass is 9.95. The number of esters is 6. The number of hydrogen-bond acceptors (Lipinski definition) is 18. The van der Waals surface area contributed by atoms with Gasteiger partial charge in [0, 0.05) is 5.56 Å². The van der Waals surface area contributed by atoms with Crippen LogP contribution in [0.15, 0.2) is 225 Å². The van der Waals surface area contributed by atoms with E-state index in [0.29, 0.717) is 18.4 Å². The summed E-state index contributed by atoms with van der Waals surface area (Å²) in [6.45, 7) is 2.60. The van der Waals surface area contributed by atoms with Gasteiger partial charge in [-0.25, -0.2) is 28.8 Å². The molecule has 3 heterocycles. The SMILES string of the molecule is C=CCCCOC1(c2ccccc2)O[C@H]2O[C@H](COC(=O)c3ccccc3)[C@@H](O[C@@H]3O[C@H](COC(=O)c4ccccc4)[C@H](OC(=O)c4ccccc4)[C@H](OC(=O)c4ccccc4)[C@H]3OC(=O)c3ccccc3)[C@H](OC(=O)c3ccccc3)[C@H]2O1. The van der Waals surface area contributed by atoms with E-state index in [9.17, 15) is 28.8 Å². The number of fused-ring (bicyclic) bond motifs is 1. The molecule has 0 aliphatic carbocycles. The monoisotopic (exact) mass is 1140 g/mol. The predicted octanol–water partition coefficient (Wildman–Crippen LogP) is 9.65. The third-order valence-electron chi connectivity index (χ3n) is 13.8.